The molecule has 13 heteroatoms. The van der Waals surface area contributed by atoms with Crippen LogP contribution in [-0.4, -0.2) is 100.0 Å². The van der Waals surface area contributed by atoms with E-state index >= 15 is 0 Å². The van der Waals surface area contributed by atoms with E-state index in [9.17, 15) is 34.5 Å². The molecule has 12 nitrogen and oxygen atoms in total. The minimum Gasteiger partial charge on any atom is -0.467 e. The van der Waals surface area contributed by atoms with Crippen LogP contribution in [0.1, 0.15) is 20.3 Å². The van der Waals surface area contributed by atoms with Gasteiger partial charge < -0.3 is 40.2 Å². The van der Waals surface area contributed by atoms with Crippen molar-refractivity contribution in [3.8, 4) is 0 Å². The molecule has 0 aromatic heterocycles. The number of aliphatic hydroxyl groups is 3. The maximum atomic E-state index is 13.0. The molecule has 2 amide bonds. The minimum absolute atomic E-state index is 0.0207. The normalized spacial score (nSPS) is 40.4. The number of rotatable bonds is 6. The van der Waals surface area contributed by atoms with Gasteiger partial charge in [0.15, 0.2) is 0 Å². The Labute approximate surface area is 182 Å². The fourth-order valence-corrected chi connectivity index (χ4v) is 5.72. The van der Waals surface area contributed by atoms with Crippen LogP contribution in [0.25, 0.3) is 0 Å². The largest absolute Gasteiger partial charge is 0.467 e. The third kappa shape index (κ3) is 3.43. The summed E-state index contributed by atoms with van der Waals surface area (Å²) in [6, 6.07) is -1.02. The van der Waals surface area contributed by atoms with Crippen molar-refractivity contribution in [3.63, 3.8) is 0 Å². The van der Waals surface area contributed by atoms with Crippen molar-refractivity contribution in [2.75, 3.05) is 31.8 Å². The summed E-state index contributed by atoms with van der Waals surface area (Å²) in [5, 5.41) is 37.4. The van der Waals surface area contributed by atoms with Crippen LogP contribution in [-0.2, 0) is 33.4 Å². The molecule has 3 saturated heterocycles. The summed E-state index contributed by atoms with van der Waals surface area (Å²) in [6.45, 7) is 1.82. The number of ether oxygens (including phenoxy) is 3. The van der Waals surface area contributed by atoms with E-state index in [1.807, 2.05) is 0 Å². The molecule has 31 heavy (non-hydrogen) atoms. The van der Waals surface area contributed by atoms with Crippen LogP contribution in [0.5, 0.6) is 0 Å². The standard InChI is InChI=1S/C18H26N2O10S/c1-9(21)19-10(13(24)28-3)6-31-8-16-4-5-29-17(20-12(23)11(16)22)14(25)15(2,26)7-30-18(16,17)27/h10,14,25-27H,4-8H2,1-3H3,(H,19,21)(H,20,23)/t10-,14-,15-,16+,17-,18-/m0/s1. The first-order chi connectivity index (χ1) is 14.4. The first-order valence-corrected chi connectivity index (χ1v) is 10.7. The lowest BCUT2D eigenvalue weighted by Crippen LogP contribution is -2.90. The van der Waals surface area contributed by atoms with Crippen LogP contribution in [0.4, 0.5) is 0 Å². The van der Waals surface area contributed by atoms with E-state index < -0.39 is 64.8 Å². The van der Waals surface area contributed by atoms with Gasteiger partial charge in [0.2, 0.25) is 23.2 Å². The number of thioether (sulfide) groups is 1. The predicted octanol–water partition coefficient (Wildman–Crippen LogP) is -2.97. The molecule has 0 spiro atoms. The van der Waals surface area contributed by atoms with Gasteiger partial charge in [0.25, 0.3) is 5.91 Å². The van der Waals surface area contributed by atoms with E-state index in [4.69, 9.17) is 9.47 Å². The van der Waals surface area contributed by atoms with Crippen LogP contribution in [0.15, 0.2) is 0 Å². The van der Waals surface area contributed by atoms with Crippen LogP contribution in [0, 0.1) is 5.41 Å². The number of amides is 2. The first-order valence-electron chi connectivity index (χ1n) is 9.57. The van der Waals surface area contributed by atoms with Crippen molar-refractivity contribution in [2.45, 2.75) is 49.5 Å². The summed E-state index contributed by atoms with van der Waals surface area (Å²) in [5.41, 5.74) is -5.97. The van der Waals surface area contributed by atoms with Crippen LogP contribution >= 0.6 is 11.8 Å². The molecule has 3 aliphatic rings. The summed E-state index contributed by atoms with van der Waals surface area (Å²) in [7, 11) is 1.16. The molecule has 2 bridgehead atoms. The second-order valence-corrected chi connectivity index (χ2v) is 9.21. The van der Waals surface area contributed by atoms with Gasteiger partial charge in [0, 0.05) is 18.4 Å². The number of Topliss-reactive ketones (excluding diaryl/α,β-unsaturated/α-hetero) is 1. The van der Waals surface area contributed by atoms with Gasteiger partial charge in [0.1, 0.15) is 23.2 Å². The maximum absolute atomic E-state index is 13.0. The van der Waals surface area contributed by atoms with Crippen LogP contribution in [0.3, 0.4) is 0 Å². The lowest BCUT2D eigenvalue weighted by atomic mass is 9.61. The molecule has 0 saturated carbocycles. The topological polar surface area (TPSA) is 181 Å². The van der Waals surface area contributed by atoms with E-state index in [0.717, 1.165) is 18.9 Å². The summed E-state index contributed by atoms with van der Waals surface area (Å²) >= 11 is 1.01. The van der Waals surface area contributed by atoms with E-state index in [0.29, 0.717) is 0 Å². The van der Waals surface area contributed by atoms with Gasteiger partial charge in [0.05, 0.1) is 20.3 Å². The zero-order valence-corrected chi connectivity index (χ0v) is 18.1. The first kappa shape index (κ1) is 23.9. The van der Waals surface area contributed by atoms with Crippen molar-refractivity contribution in [3.05, 3.63) is 0 Å². The lowest BCUT2D eigenvalue weighted by Gasteiger charge is -2.65. The van der Waals surface area contributed by atoms with Gasteiger partial charge in [-0.3, -0.25) is 14.4 Å². The monoisotopic (exact) mass is 462 g/mol. The number of aliphatic hydroxyl groups excluding tert-OH is 1. The van der Waals surface area contributed by atoms with E-state index in [1.165, 1.54) is 13.8 Å². The molecule has 3 aliphatic heterocycles. The maximum Gasteiger partial charge on any atom is 0.329 e. The predicted molar refractivity (Wildman–Crippen MR) is 103 cm³/mol. The van der Waals surface area contributed by atoms with Crippen molar-refractivity contribution < 1.29 is 48.7 Å². The highest BCUT2D eigenvalue weighted by atomic mass is 32.2. The number of piperidine rings is 1. The minimum atomic E-state index is -2.48. The molecule has 0 aliphatic carbocycles. The fourth-order valence-electron chi connectivity index (χ4n) is 4.33. The molecule has 3 rings (SSSR count). The SMILES string of the molecule is COC(=O)[C@H](CSC[C@]12CCO[C@@]3(NC(=O)C1=O)[C@@H](O)[C@@](C)(O)CO[C@@]23O)NC(C)=O. The second-order valence-electron chi connectivity index (χ2n) is 8.18. The second kappa shape index (κ2) is 7.98. The van der Waals surface area contributed by atoms with Crippen LogP contribution < -0.4 is 10.6 Å². The zero-order chi connectivity index (χ0) is 23.2. The molecule has 0 aromatic carbocycles. The van der Waals surface area contributed by atoms with Gasteiger partial charge in [-0.05, 0) is 13.3 Å². The third-order valence-electron chi connectivity index (χ3n) is 5.99. The van der Waals surface area contributed by atoms with E-state index in [2.05, 4.69) is 15.4 Å². The van der Waals surface area contributed by atoms with Crippen molar-refractivity contribution in [1.29, 1.82) is 0 Å². The molecule has 0 radical (unpaired) electrons. The molecule has 5 N–H and O–H groups in total. The van der Waals surface area contributed by atoms with E-state index in [-0.39, 0.29) is 24.5 Å². The Morgan fingerprint density at radius 3 is 2.65 bits per heavy atom. The van der Waals surface area contributed by atoms with E-state index in [1.54, 1.807) is 0 Å². The molecule has 3 heterocycles. The molecular weight excluding hydrogens is 436 g/mol. The third-order valence-corrected chi connectivity index (χ3v) is 7.26. The molecule has 0 unspecified atom stereocenters. The number of esters is 1. The number of carbonyl (C=O) groups is 4. The quantitative estimate of drug-likeness (QED) is 0.201. The molecule has 3 fully saturated rings. The summed E-state index contributed by atoms with van der Waals surface area (Å²) in [4.78, 5) is 48.8. The highest BCUT2D eigenvalue weighted by Gasteiger charge is 2.80. The number of hydrogen-bond acceptors (Lipinski definition) is 11. The van der Waals surface area contributed by atoms with Gasteiger partial charge in [-0.2, -0.15) is 11.8 Å². The zero-order valence-electron chi connectivity index (χ0n) is 17.3. The van der Waals surface area contributed by atoms with Gasteiger partial charge in [-0.15, -0.1) is 0 Å². The summed E-state index contributed by atoms with van der Waals surface area (Å²) in [6.07, 6.45) is -1.91. The average molecular weight is 462 g/mol. The van der Waals surface area contributed by atoms with Crippen molar-refractivity contribution in [2.24, 2.45) is 5.41 Å². The highest BCUT2D eigenvalue weighted by Crippen LogP contribution is 2.56. The number of ketones is 1. The van der Waals surface area contributed by atoms with Gasteiger partial charge in [-0.25, -0.2) is 4.79 Å². The molecular formula is C18H26N2O10S. The summed E-state index contributed by atoms with van der Waals surface area (Å²) in [5.74, 6) is -5.93. The number of hydrogen-bond donors (Lipinski definition) is 5. The lowest BCUT2D eigenvalue weighted by molar-refractivity contribution is -0.444. The Morgan fingerprint density at radius 2 is 2.03 bits per heavy atom. The Hall–Kier alpha value is -1.77. The van der Waals surface area contributed by atoms with Gasteiger partial charge in [-0.1, -0.05) is 0 Å². The fraction of sp³-hybridized carbons (Fsp3) is 0.778. The van der Waals surface area contributed by atoms with Crippen LogP contribution in [0.2, 0.25) is 0 Å². The number of nitrogens with one attached hydrogen (secondary N) is 2. The smallest absolute Gasteiger partial charge is 0.329 e. The van der Waals surface area contributed by atoms with Crippen molar-refractivity contribution >= 4 is 35.3 Å². The molecule has 0 aromatic rings. The molecule has 174 valence electrons. The Kier molecular flexibility index (Phi) is 6.14. The number of methoxy groups -OCH3 is 1. The summed E-state index contributed by atoms with van der Waals surface area (Å²) < 4.78 is 15.8. The Bertz CT molecular complexity index is 806. The Morgan fingerprint density at radius 1 is 1.35 bits per heavy atom. The average Bonchev–Trinajstić information content (AvgIpc) is 2.70. The Balaban J connectivity index is 1.92. The molecule has 6 atom stereocenters. The highest BCUT2D eigenvalue weighted by molar-refractivity contribution is 7.99. The van der Waals surface area contributed by atoms with Crippen molar-refractivity contribution in [1.82, 2.24) is 10.6 Å². The number of carbonyl (C=O) groups excluding carboxylic acids is 4. The van der Waals surface area contributed by atoms with Gasteiger partial charge >= 0.3 is 5.97 Å².